The molecule has 0 unspecified atom stereocenters. The Labute approximate surface area is 148 Å². The van der Waals surface area contributed by atoms with E-state index in [-0.39, 0.29) is 29.4 Å². The summed E-state index contributed by atoms with van der Waals surface area (Å²) in [5.74, 6) is 0. The third-order valence-corrected chi connectivity index (χ3v) is 5.89. The first-order valence-electron chi connectivity index (χ1n) is 6.66. The quantitative estimate of drug-likeness (QED) is 0.724. The second-order valence-corrected chi connectivity index (χ2v) is 7.91. The Bertz CT molecular complexity index is 822. The van der Waals surface area contributed by atoms with Gasteiger partial charge in [-0.1, -0.05) is 33.6 Å². The van der Waals surface area contributed by atoms with E-state index in [0.29, 0.717) is 4.47 Å². The highest BCUT2D eigenvalue weighted by molar-refractivity contribution is 9.10. The molecule has 0 bridgehead atoms. The van der Waals surface area contributed by atoms with Crippen molar-refractivity contribution >= 4 is 37.6 Å². The van der Waals surface area contributed by atoms with E-state index in [1.54, 1.807) is 30.6 Å². The average Bonchev–Trinajstić information content (AvgIpc) is 2.52. The van der Waals surface area contributed by atoms with Crippen LogP contribution in [0.5, 0.6) is 0 Å². The van der Waals surface area contributed by atoms with Crippen LogP contribution in [0.4, 0.5) is 0 Å². The molecule has 0 radical (unpaired) electrons. The van der Waals surface area contributed by atoms with Crippen LogP contribution in [0.15, 0.2) is 52.1 Å². The van der Waals surface area contributed by atoms with Crippen molar-refractivity contribution in [1.29, 1.82) is 5.26 Å². The Hall–Kier alpha value is -1.46. The highest BCUT2D eigenvalue weighted by atomic mass is 79.9. The number of nitrogens with zero attached hydrogens (tertiary/aromatic N) is 3. The fourth-order valence-electron chi connectivity index (χ4n) is 1.98. The Morgan fingerprint density at radius 3 is 2.74 bits per heavy atom. The molecule has 0 N–H and O–H groups in total. The first kappa shape index (κ1) is 17.9. The summed E-state index contributed by atoms with van der Waals surface area (Å²) in [6.45, 7) is 0.213. The largest absolute Gasteiger partial charge is 0.264 e. The fourth-order valence-corrected chi connectivity index (χ4v) is 4.42. The van der Waals surface area contributed by atoms with E-state index in [9.17, 15) is 8.42 Å². The van der Waals surface area contributed by atoms with E-state index >= 15 is 0 Å². The van der Waals surface area contributed by atoms with Gasteiger partial charge in [0.1, 0.15) is 4.90 Å². The lowest BCUT2D eigenvalue weighted by Gasteiger charge is -2.21. The Morgan fingerprint density at radius 1 is 1.35 bits per heavy atom. The number of hydrogen-bond acceptors (Lipinski definition) is 4. The van der Waals surface area contributed by atoms with Gasteiger partial charge in [-0.2, -0.15) is 9.57 Å². The van der Waals surface area contributed by atoms with E-state index in [2.05, 4.69) is 20.9 Å². The SMILES string of the molecule is N#CCCN(Cc1cccnc1)S(=O)(=O)c1ccc(Br)cc1Cl. The maximum absolute atomic E-state index is 12.9. The van der Waals surface area contributed by atoms with Crippen LogP contribution >= 0.6 is 27.5 Å². The van der Waals surface area contributed by atoms with Crippen molar-refractivity contribution in [3.05, 3.63) is 57.8 Å². The van der Waals surface area contributed by atoms with Gasteiger partial charge in [-0.05, 0) is 29.8 Å². The maximum Gasteiger partial charge on any atom is 0.244 e. The Morgan fingerprint density at radius 2 is 2.13 bits per heavy atom. The first-order valence-corrected chi connectivity index (χ1v) is 9.27. The number of rotatable bonds is 6. The van der Waals surface area contributed by atoms with Crippen LogP contribution in [-0.4, -0.2) is 24.3 Å². The molecular weight excluding hydrogens is 402 g/mol. The summed E-state index contributed by atoms with van der Waals surface area (Å²) in [5.41, 5.74) is 0.738. The highest BCUT2D eigenvalue weighted by Crippen LogP contribution is 2.28. The molecule has 0 aliphatic heterocycles. The fraction of sp³-hybridized carbons (Fsp3) is 0.200. The minimum atomic E-state index is -3.82. The third kappa shape index (κ3) is 4.52. The lowest BCUT2D eigenvalue weighted by molar-refractivity contribution is 0.413. The molecule has 120 valence electrons. The molecule has 0 aliphatic carbocycles. The molecule has 2 aromatic rings. The van der Waals surface area contributed by atoms with Crippen molar-refractivity contribution in [2.75, 3.05) is 6.54 Å². The summed E-state index contributed by atoms with van der Waals surface area (Å²) >= 11 is 9.33. The van der Waals surface area contributed by atoms with Gasteiger partial charge in [0.15, 0.2) is 0 Å². The van der Waals surface area contributed by atoms with E-state index in [1.165, 1.54) is 16.4 Å². The molecule has 5 nitrogen and oxygen atoms in total. The number of benzene rings is 1. The van der Waals surface area contributed by atoms with Gasteiger partial charge in [-0.3, -0.25) is 4.98 Å². The predicted octanol–water partition coefficient (Wildman–Crippen LogP) is 3.60. The lowest BCUT2D eigenvalue weighted by Crippen LogP contribution is -2.31. The number of aromatic nitrogens is 1. The summed E-state index contributed by atoms with van der Waals surface area (Å²) in [7, 11) is -3.82. The second kappa shape index (κ2) is 7.88. The molecule has 0 atom stereocenters. The number of sulfonamides is 1. The molecule has 0 spiro atoms. The molecule has 0 saturated carbocycles. The second-order valence-electron chi connectivity index (χ2n) is 4.68. The molecule has 1 heterocycles. The van der Waals surface area contributed by atoms with Crippen molar-refractivity contribution in [3.8, 4) is 6.07 Å². The summed E-state index contributed by atoms with van der Waals surface area (Å²) < 4.78 is 27.7. The number of pyridine rings is 1. The van der Waals surface area contributed by atoms with Gasteiger partial charge < -0.3 is 0 Å². The van der Waals surface area contributed by atoms with Crippen LogP contribution in [0.1, 0.15) is 12.0 Å². The van der Waals surface area contributed by atoms with Crippen molar-refractivity contribution in [3.63, 3.8) is 0 Å². The minimum absolute atomic E-state index is 0.0178. The molecule has 1 aromatic carbocycles. The molecule has 0 fully saturated rings. The van der Waals surface area contributed by atoms with Gasteiger partial charge in [0.2, 0.25) is 10.0 Å². The van der Waals surface area contributed by atoms with Gasteiger partial charge in [0.25, 0.3) is 0 Å². The Balaban J connectivity index is 2.38. The molecule has 2 rings (SSSR count). The van der Waals surface area contributed by atoms with Gasteiger partial charge in [-0.15, -0.1) is 0 Å². The van der Waals surface area contributed by atoms with E-state index in [4.69, 9.17) is 16.9 Å². The molecular formula is C15H13BrClN3O2S. The van der Waals surface area contributed by atoms with Crippen LogP contribution in [0.3, 0.4) is 0 Å². The molecule has 8 heteroatoms. The molecule has 0 saturated heterocycles. The monoisotopic (exact) mass is 413 g/mol. The number of hydrogen-bond donors (Lipinski definition) is 0. The summed E-state index contributed by atoms with van der Waals surface area (Å²) in [4.78, 5) is 4.00. The van der Waals surface area contributed by atoms with Crippen molar-refractivity contribution in [2.24, 2.45) is 0 Å². The highest BCUT2D eigenvalue weighted by Gasteiger charge is 2.26. The smallest absolute Gasteiger partial charge is 0.244 e. The summed E-state index contributed by atoms with van der Waals surface area (Å²) in [6, 6.07) is 10.1. The minimum Gasteiger partial charge on any atom is -0.264 e. The van der Waals surface area contributed by atoms with Crippen molar-refractivity contribution < 1.29 is 8.42 Å². The van der Waals surface area contributed by atoms with Crippen molar-refractivity contribution in [1.82, 2.24) is 9.29 Å². The molecule has 0 amide bonds. The van der Waals surface area contributed by atoms with E-state index < -0.39 is 10.0 Å². The molecule has 0 aliphatic rings. The standard InChI is InChI=1S/C15H13BrClN3O2S/c16-13-4-5-15(14(17)9-13)23(21,22)20(8-2-6-18)11-12-3-1-7-19-10-12/h1,3-5,7,9-10H,2,8,11H2. The third-order valence-electron chi connectivity index (χ3n) is 3.07. The number of halogens is 2. The molecule has 1 aromatic heterocycles. The zero-order chi connectivity index (χ0) is 16.9. The Kier molecular flexibility index (Phi) is 6.13. The summed E-state index contributed by atoms with van der Waals surface area (Å²) in [5, 5.41) is 8.92. The van der Waals surface area contributed by atoms with Crippen molar-refractivity contribution in [2.45, 2.75) is 17.9 Å². The van der Waals surface area contributed by atoms with Crippen LogP contribution in [-0.2, 0) is 16.6 Å². The first-order chi connectivity index (χ1) is 10.9. The average molecular weight is 415 g/mol. The topological polar surface area (TPSA) is 74.1 Å². The maximum atomic E-state index is 12.9. The van der Waals surface area contributed by atoms with Crippen LogP contribution in [0.25, 0.3) is 0 Å². The zero-order valence-corrected chi connectivity index (χ0v) is 15.1. The zero-order valence-electron chi connectivity index (χ0n) is 12.0. The van der Waals surface area contributed by atoms with Crippen LogP contribution in [0.2, 0.25) is 5.02 Å². The van der Waals surface area contributed by atoms with E-state index in [0.717, 1.165) is 5.56 Å². The molecule has 23 heavy (non-hydrogen) atoms. The lowest BCUT2D eigenvalue weighted by atomic mass is 10.3. The van der Waals surface area contributed by atoms with Gasteiger partial charge in [-0.25, -0.2) is 8.42 Å². The summed E-state index contributed by atoms with van der Waals surface area (Å²) in [6.07, 6.45) is 3.30. The van der Waals surface area contributed by atoms with Gasteiger partial charge >= 0.3 is 0 Å². The number of nitriles is 1. The van der Waals surface area contributed by atoms with Crippen LogP contribution in [0, 0.1) is 11.3 Å². The van der Waals surface area contributed by atoms with Gasteiger partial charge in [0.05, 0.1) is 11.1 Å². The predicted molar refractivity (Wildman–Crippen MR) is 91.2 cm³/mol. The van der Waals surface area contributed by atoms with Crippen LogP contribution < -0.4 is 0 Å². The van der Waals surface area contributed by atoms with E-state index in [1.807, 2.05) is 6.07 Å². The normalized spacial score (nSPS) is 11.4. The van der Waals surface area contributed by atoms with Gasteiger partial charge in [0, 0.05) is 36.4 Å².